The first-order valence-corrected chi connectivity index (χ1v) is 9.98. The number of nitrogens with zero attached hydrogens (tertiary/aromatic N) is 2. The van der Waals surface area contributed by atoms with Crippen molar-refractivity contribution in [1.82, 2.24) is 15.1 Å². The van der Waals surface area contributed by atoms with Gasteiger partial charge in [-0.3, -0.25) is 4.79 Å². The fourth-order valence-corrected chi connectivity index (χ4v) is 3.39. The molecule has 0 bridgehead atoms. The van der Waals surface area contributed by atoms with Gasteiger partial charge < -0.3 is 9.73 Å². The molecule has 1 amide bonds. The number of nitrogens with one attached hydrogen (secondary N) is 1. The Kier molecular flexibility index (Phi) is 5.27. The van der Waals surface area contributed by atoms with Crippen LogP contribution in [-0.4, -0.2) is 15.7 Å². The van der Waals surface area contributed by atoms with Gasteiger partial charge in [-0.25, -0.2) is 4.68 Å². The zero-order valence-electron chi connectivity index (χ0n) is 17.7. The zero-order chi connectivity index (χ0) is 21.3. The molecule has 5 heteroatoms. The van der Waals surface area contributed by atoms with Crippen LogP contribution in [0.5, 0.6) is 0 Å². The average molecular weight is 399 g/mol. The second kappa shape index (κ2) is 8.03. The monoisotopic (exact) mass is 399 g/mol. The highest BCUT2D eigenvalue weighted by atomic mass is 16.3. The van der Waals surface area contributed by atoms with Gasteiger partial charge in [0.2, 0.25) is 0 Å². The summed E-state index contributed by atoms with van der Waals surface area (Å²) in [4.78, 5) is 13.1. The highest BCUT2D eigenvalue weighted by Crippen LogP contribution is 2.25. The molecule has 5 nitrogen and oxygen atoms in total. The van der Waals surface area contributed by atoms with Gasteiger partial charge in [-0.05, 0) is 80.3 Å². The largest absolute Gasteiger partial charge is 0.467 e. The second-order valence-electron chi connectivity index (χ2n) is 7.68. The Morgan fingerprint density at radius 3 is 2.50 bits per heavy atom. The first-order valence-electron chi connectivity index (χ1n) is 9.98. The van der Waals surface area contributed by atoms with Crippen LogP contribution in [0.1, 0.15) is 38.5 Å². The molecule has 2 aromatic heterocycles. The van der Waals surface area contributed by atoms with Crippen molar-refractivity contribution in [3.05, 3.63) is 94.6 Å². The quantitative estimate of drug-likeness (QED) is 0.496. The van der Waals surface area contributed by atoms with Crippen LogP contribution in [0.4, 0.5) is 0 Å². The van der Waals surface area contributed by atoms with Crippen LogP contribution in [-0.2, 0) is 6.54 Å². The van der Waals surface area contributed by atoms with Crippen molar-refractivity contribution in [2.75, 3.05) is 0 Å². The standard InChI is InChI=1S/C25H25N3O2/c1-16-7-8-18(3)23(12-16)28-24(25(29)26-15-21-6-5-11-30-21)14-22(27-28)20-10-9-17(2)19(4)13-20/h5-14H,15H2,1-4H3,(H,26,29). The zero-order valence-corrected chi connectivity index (χ0v) is 17.7. The Morgan fingerprint density at radius 2 is 1.77 bits per heavy atom. The summed E-state index contributed by atoms with van der Waals surface area (Å²) < 4.78 is 7.07. The molecule has 4 aromatic rings. The van der Waals surface area contributed by atoms with Gasteiger partial charge in [0.05, 0.1) is 24.2 Å². The summed E-state index contributed by atoms with van der Waals surface area (Å²) in [5, 5.41) is 7.76. The maximum Gasteiger partial charge on any atom is 0.270 e. The molecule has 30 heavy (non-hydrogen) atoms. The Morgan fingerprint density at radius 1 is 0.967 bits per heavy atom. The summed E-state index contributed by atoms with van der Waals surface area (Å²) in [5.41, 5.74) is 7.72. The van der Waals surface area contributed by atoms with Crippen LogP contribution in [0.15, 0.2) is 65.3 Å². The van der Waals surface area contributed by atoms with Crippen molar-refractivity contribution < 1.29 is 9.21 Å². The fraction of sp³-hybridized carbons (Fsp3) is 0.200. The minimum Gasteiger partial charge on any atom is -0.467 e. The predicted octanol–water partition coefficient (Wildman–Crippen LogP) is 5.30. The number of benzene rings is 2. The van der Waals surface area contributed by atoms with Crippen molar-refractivity contribution in [2.45, 2.75) is 34.2 Å². The lowest BCUT2D eigenvalue weighted by atomic mass is 10.0. The molecule has 4 rings (SSSR count). The van der Waals surface area contributed by atoms with Gasteiger partial charge in [-0.1, -0.05) is 24.3 Å². The van der Waals surface area contributed by atoms with E-state index in [4.69, 9.17) is 9.52 Å². The molecule has 0 fully saturated rings. The Labute approximate surface area is 176 Å². The summed E-state index contributed by atoms with van der Waals surface area (Å²) in [5.74, 6) is 0.505. The third-order valence-corrected chi connectivity index (χ3v) is 5.34. The minimum atomic E-state index is -0.199. The topological polar surface area (TPSA) is 60.1 Å². The van der Waals surface area contributed by atoms with Gasteiger partial charge in [0.15, 0.2) is 0 Å². The van der Waals surface area contributed by atoms with E-state index < -0.39 is 0 Å². The minimum absolute atomic E-state index is 0.199. The van der Waals surface area contributed by atoms with Gasteiger partial charge in [-0.2, -0.15) is 5.10 Å². The van der Waals surface area contributed by atoms with Crippen LogP contribution in [0, 0.1) is 27.7 Å². The van der Waals surface area contributed by atoms with Crippen molar-refractivity contribution in [3.63, 3.8) is 0 Å². The number of rotatable bonds is 5. The predicted molar refractivity (Wildman–Crippen MR) is 118 cm³/mol. The van der Waals surface area contributed by atoms with Gasteiger partial charge in [0.25, 0.3) is 5.91 Å². The van der Waals surface area contributed by atoms with Crippen molar-refractivity contribution in [2.24, 2.45) is 0 Å². The molecule has 1 N–H and O–H groups in total. The van der Waals surface area contributed by atoms with Crippen molar-refractivity contribution in [3.8, 4) is 16.9 Å². The number of carbonyl (C=O) groups excluding carboxylic acids is 1. The summed E-state index contributed by atoms with van der Waals surface area (Å²) in [6, 6.07) is 17.9. The molecular formula is C25H25N3O2. The number of aromatic nitrogens is 2. The van der Waals surface area contributed by atoms with Crippen molar-refractivity contribution in [1.29, 1.82) is 0 Å². The van der Waals surface area contributed by atoms with Crippen LogP contribution in [0.25, 0.3) is 16.9 Å². The summed E-state index contributed by atoms with van der Waals surface area (Å²) >= 11 is 0. The Hall–Kier alpha value is -3.60. The lowest BCUT2D eigenvalue weighted by molar-refractivity contribution is 0.0940. The highest BCUT2D eigenvalue weighted by molar-refractivity contribution is 5.94. The number of hydrogen-bond acceptors (Lipinski definition) is 3. The van der Waals surface area contributed by atoms with Gasteiger partial charge in [-0.15, -0.1) is 0 Å². The van der Waals surface area contributed by atoms with Crippen molar-refractivity contribution >= 4 is 5.91 Å². The van der Waals surface area contributed by atoms with Crippen LogP contribution >= 0.6 is 0 Å². The summed E-state index contributed by atoms with van der Waals surface area (Å²) in [6.45, 7) is 8.55. The maximum absolute atomic E-state index is 13.1. The van der Waals surface area contributed by atoms with E-state index in [0.717, 1.165) is 28.1 Å². The molecule has 0 saturated heterocycles. The second-order valence-corrected chi connectivity index (χ2v) is 7.68. The average Bonchev–Trinajstić information content (AvgIpc) is 3.40. The summed E-state index contributed by atoms with van der Waals surface area (Å²) in [6.07, 6.45) is 1.60. The lowest BCUT2D eigenvalue weighted by Crippen LogP contribution is -2.25. The molecule has 0 aliphatic rings. The Bertz CT molecular complexity index is 1200. The lowest BCUT2D eigenvalue weighted by Gasteiger charge is -2.11. The molecule has 0 radical (unpaired) electrons. The number of furan rings is 1. The van der Waals surface area contributed by atoms with Gasteiger partial charge in [0.1, 0.15) is 11.5 Å². The van der Waals surface area contributed by atoms with E-state index in [1.807, 2.05) is 38.1 Å². The molecule has 0 saturated carbocycles. The molecule has 152 valence electrons. The molecule has 0 atom stereocenters. The first-order chi connectivity index (χ1) is 14.4. The molecule has 0 aliphatic heterocycles. The van der Waals surface area contributed by atoms with Crippen LogP contribution in [0.2, 0.25) is 0 Å². The SMILES string of the molecule is Cc1ccc(C)c(-n2nc(-c3ccc(C)c(C)c3)cc2C(=O)NCc2ccco2)c1. The van der Waals surface area contributed by atoms with E-state index in [1.54, 1.807) is 17.0 Å². The maximum atomic E-state index is 13.1. The molecular weight excluding hydrogens is 374 g/mol. The number of aryl methyl sites for hydroxylation is 4. The van der Waals surface area contributed by atoms with Crippen LogP contribution < -0.4 is 5.32 Å². The first kappa shape index (κ1) is 19.7. The smallest absolute Gasteiger partial charge is 0.270 e. The van der Waals surface area contributed by atoms with E-state index in [0.29, 0.717) is 18.0 Å². The van der Waals surface area contributed by atoms with E-state index >= 15 is 0 Å². The molecule has 0 spiro atoms. The third kappa shape index (κ3) is 3.92. The van der Waals surface area contributed by atoms with Gasteiger partial charge in [0, 0.05) is 5.56 Å². The normalized spacial score (nSPS) is 10.9. The number of amides is 1. The number of hydrogen-bond donors (Lipinski definition) is 1. The van der Waals surface area contributed by atoms with E-state index in [-0.39, 0.29) is 5.91 Å². The highest BCUT2D eigenvalue weighted by Gasteiger charge is 2.19. The molecule has 2 heterocycles. The fourth-order valence-electron chi connectivity index (χ4n) is 3.39. The van der Waals surface area contributed by atoms with E-state index in [1.165, 1.54) is 11.1 Å². The Balaban J connectivity index is 1.77. The summed E-state index contributed by atoms with van der Waals surface area (Å²) in [7, 11) is 0. The molecule has 2 aromatic carbocycles. The van der Waals surface area contributed by atoms with E-state index in [2.05, 4.69) is 43.4 Å². The third-order valence-electron chi connectivity index (χ3n) is 5.34. The van der Waals surface area contributed by atoms with Crippen LogP contribution in [0.3, 0.4) is 0 Å². The van der Waals surface area contributed by atoms with Gasteiger partial charge >= 0.3 is 0 Å². The molecule has 0 unspecified atom stereocenters. The van der Waals surface area contributed by atoms with E-state index in [9.17, 15) is 4.79 Å². The number of carbonyl (C=O) groups is 1. The molecule has 0 aliphatic carbocycles.